The van der Waals surface area contributed by atoms with Gasteiger partial charge in [-0.2, -0.15) is 5.10 Å². The van der Waals surface area contributed by atoms with Gasteiger partial charge in [-0.1, -0.05) is 68.4 Å². The number of rotatable bonds is 11. The van der Waals surface area contributed by atoms with Crippen molar-refractivity contribution >= 4 is 0 Å². The Balaban J connectivity index is 1.70. The number of nitrogens with zero attached hydrogens (tertiary/aromatic N) is 3. The lowest BCUT2D eigenvalue weighted by molar-refractivity contribution is 0.101. The summed E-state index contributed by atoms with van der Waals surface area (Å²) in [5.74, 6) is 2.49. The first kappa shape index (κ1) is 25.5. The van der Waals surface area contributed by atoms with Crippen molar-refractivity contribution in [3.05, 3.63) is 102 Å². The standard InChI is InChI=1S/C30H35N3O3/c1-22(2)19-32(21-29(34)24-12-7-5-8-13-24)20-28-23(3)31-33(25-14-9-6-10-15-25)30(28)36-27-17-11-16-26(18-27)35-4/h5-18,22,29,34H,19-21H2,1-4H3. The molecule has 0 aliphatic carbocycles. The fraction of sp³-hybridized carbons (Fsp3) is 0.300. The summed E-state index contributed by atoms with van der Waals surface area (Å²) in [6.45, 7) is 8.33. The van der Waals surface area contributed by atoms with E-state index in [0.717, 1.165) is 34.8 Å². The molecular formula is C30H35N3O3. The summed E-state index contributed by atoms with van der Waals surface area (Å²) in [6, 6.07) is 27.4. The Morgan fingerprint density at radius 2 is 1.56 bits per heavy atom. The van der Waals surface area contributed by atoms with Gasteiger partial charge in [0.25, 0.3) is 0 Å². The van der Waals surface area contributed by atoms with Crippen LogP contribution in [0, 0.1) is 12.8 Å². The molecule has 0 aliphatic heterocycles. The van der Waals surface area contributed by atoms with Crippen molar-refractivity contribution in [3.8, 4) is 23.1 Å². The number of ether oxygens (including phenoxy) is 2. The average Bonchev–Trinajstić information content (AvgIpc) is 3.19. The lowest BCUT2D eigenvalue weighted by Gasteiger charge is -2.27. The largest absolute Gasteiger partial charge is 0.497 e. The lowest BCUT2D eigenvalue weighted by Crippen LogP contribution is -2.32. The first-order valence-corrected chi connectivity index (χ1v) is 12.4. The molecule has 3 aromatic carbocycles. The van der Waals surface area contributed by atoms with E-state index in [1.54, 1.807) is 7.11 Å². The molecule has 188 valence electrons. The van der Waals surface area contributed by atoms with Gasteiger partial charge in [0.2, 0.25) is 5.88 Å². The Hall–Kier alpha value is -3.61. The van der Waals surface area contributed by atoms with E-state index in [1.807, 2.05) is 96.5 Å². The van der Waals surface area contributed by atoms with E-state index in [-0.39, 0.29) is 0 Å². The fourth-order valence-corrected chi connectivity index (χ4v) is 4.31. The molecule has 0 fully saturated rings. The quantitative estimate of drug-likeness (QED) is 0.275. The summed E-state index contributed by atoms with van der Waals surface area (Å²) in [5, 5.41) is 15.8. The molecule has 0 aliphatic rings. The van der Waals surface area contributed by atoms with E-state index in [2.05, 4.69) is 18.7 Å². The van der Waals surface area contributed by atoms with Crippen LogP contribution in [-0.2, 0) is 6.54 Å². The second kappa shape index (κ2) is 11.9. The number of aliphatic hydroxyl groups is 1. The van der Waals surface area contributed by atoms with Crippen molar-refractivity contribution in [2.45, 2.75) is 33.4 Å². The molecule has 0 amide bonds. The minimum Gasteiger partial charge on any atom is -0.497 e. The molecule has 1 unspecified atom stereocenters. The van der Waals surface area contributed by atoms with Crippen LogP contribution in [0.2, 0.25) is 0 Å². The molecule has 0 radical (unpaired) electrons. The molecule has 36 heavy (non-hydrogen) atoms. The van der Waals surface area contributed by atoms with Gasteiger partial charge in [-0.3, -0.25) is 4.90 Å². The zero-order chi connectivity index (χ0) is 25.5. The van der Waals surface area contributed by atoms with Crippen LogP contribution in [0.25, 0.3) is 5.69 Å². The third kappa shape index (κ3) is 6.33. The maximum absolute atomic E-state index is 11.0. The van der Waals surface area contributed by atoms with Crippen LogP contribution < -0.4 is 9.47 Å². The number of benzene rings is 3. The Morgan fingerprint density at radius 3 is 2.22 bits per heavy atom. The number of aryl methyl sites for hydroxylation is 1. The number of para-hydroxylation sites is 1. The number of aliphatic hydroxyl groups excluding tert-OH is 1. The summed E-state index contributed by atoms with van der Waals surface area (Å²) in [7, 11) is 1.64. The van der Waals surface area contributed by atoms with Crippen LogP contribution in [0.3, 0.4) is 0 Å². The Bertz CT molecular complexity index is 1240. The highest BCUT2D eigenvalue weighted by Crippen LogP contribution is 2.33. The molecule has 1 atom stereocenters. The van der Waals surface area contributed by atoms with Crippen LogP contribution in [0.15, 0.2) is 84.9 Å². The third-order valence-electron chi connectivity index (χ3n) is 6.01. The maximum Gasteiger partial charge on any atom is 0.227 e. The Morgan fingerprint density at radius 1 is 0.889 bits per heavy atom. The Labute approximate surface area is 213 Å². The van der Waals surface area contributed by atoms with Gasteiger partial charge < -0.3 is 14.6 Å². The van der Waals surface area contributed by atoms with Crippen molar-refractivity contribution in [3.63, 3.8) is 0 Å². The van der Waals surface area contributed by atoms with E-state index in [1.165, 1.54) is 0 Å². The zero-order valence-corrected chi connectivity index (χ0v) is 21.5. The molecule has 1 N–H and O–H groups in total. The summed E-state index contributed by atoms with van der Waals surface area (Å²) >= 11 is 0. The van der Waals surface area contributed by atoms with Crippen LogP contribution in [0.5, 0.6) is 17.4 Å². The molecule has 0 saturated heterocycles. The van der Waals surface area contributed by atoms with Gasteiger partial charge in [0, 0.05) is 25.7 Å². The summed E-state index contributed by atoms with van der Waals surface area (Å²) in [4.78, 5) is 2.28. The second-order valence-corrected chi connectivity index (χ2v) is 9.41. The number of hydrogen-bond donors (Lipinski definition) is 1. The molecule has 1 aromatic heterocycles. The molecule has 1 heterocycles. The van der Waals surface area contributed by atoms with Crippen LogP contribution in [0.4, 0.5) is 0 Å². The van der Waals surface area contributed by atoms with Gasteiger partial charge in [-0.05, 0) is 42.7 Å². The van der Waals surface area contributed by atoms with E-state index >= 15 is 0 Å². The lowest BCUT2D eigenvalue weighted by atomic mass is 10.1. The first-order chi connectivity index (χ1) is 17.4. The molecule has 4 aromatic rings. The smallest absolute Gasteiger partial charge is 0.227 e. The molecule has 4 rings (SSSR count). The molecule has 0 spiro atoms. The number of aromatic nitrogens is 2. The molecule has 6 nitrogen and oxygen atoms in total. The SMILES string of the molecule is COc1cccc(Oc2c(CN(CC(C)C)CC(O)c3ccccc3)c(C)nn2-c2ccccc2)c1. The predicted molar refractivity (Wildman–Crippen MR) is 143 cm³/mol. The third-order valence-corrected chi connectivity index (χ3v) is 6.01. The van der Waals surface area contributed by atoms with Gasteiger partial charge in [0.05, 0.1) is 30.2 Å². The zero-order valence-electron chi connectivity index (χ0n) is 21.5. The van der Waals surface area contributed by atoms with Gasteiger partial charge in [0.15, 0.2) is 0 Å². The van der Waals surface area contributed by atoms with Crippen molar-refractivity contribution in [2.75, 3.05) is 20.2 Å². The summed E-state index contributed by atoms with van der Waals surface area (Å²) in [5.41, 5.74) is 3.71. The van der Waals surface area contributed by atoms with Crippen molar-refractivity contribution < 1.29 is 14.6 Å². The fourth-order valence-electron chi connectivity index (χ4n) is 4.31. The summed E-state index contributed by atoms with van der Waals surface area (Å²) < 4.78 is 13.7. The highest BCUT2D eigenvalue weighted by atomic mass is 16.5. The van der Waals surface area contributed by atoms with Gasteiger partial charge in [-0.15, -0.1) is 0 Å². The van der Waals surface area contributed by atoms with Crippen LogP contribution in [0.1, 0.15) is 36.8 Å². The van der Waals surface area contributed by atoms with E-state index in [4.69, 9.17) is 14.6 Å². The van der Waals surface area contributed by atoms with E-state index in [0.29, 0.717) is 30.6 Å². The monoisotopic (exact) mass is 485 g/mol. The maximum atomic E-state index is 11.0. The van der Waals surface area contributed by atoms with Crippen molar-refractivity contribution in [1.29, 1.82) is 0 Å². The normalized spacial score (nSPS) is 12.2. The number of methoxy groups -OCH3 is 1. The first-order valence-electron chi connectivity index (χ1n) is 12.4. The molecule has 6 heteroatoms. The topological polar surface area (TPSA) is 59.8 Å². The van der Waals surface area contributed by atoms with Crippen molar-refractivity contribution in [2.24, 2.45) is 5.92 Å². The molecule has 0 saturated carbocycles. The second-order valence-electron chi connectivity index (χ2n) is 9.41. The molecule has 0 bridgehead atoms. The van der Waals surface area contributed by atoms with E-state index < -0.39 is 6.10 Å². The van der Waals surface area contributed by atoms with Gasteiger partial charge >= 0.3 is 0 Å². The minimum atomic E-state index is -0.586. The Kier molecular flexibility index (Phi) is 8.41. The highest BCUT2D eigenvalue weighted by Gasteiger charge is 2.23. The van der Waals surface area contributed by atoms with Crippen LogP contribution in [-0.4, -0.2) is 40.0 Å². The van der Waals surface area contributed by atoms with Gasteiger partial charge in [0.1, 0.15) is 11.5 Å². The average molecular weight is 486 g/mol. The predicted octanol–water partition coefficient (Wildman–Crippen LogP) is 6.17. The minimum absolute atomic E-state index is 0.431. The highest BCUT2D eigenvalue weighted by molar-refractivity contribution is 5.44. The number of hydrogen-bond acceptors (Lipinski definition) is 5. The summed E-state index contributed by atoms with van der Waals surface area (Å²) in [6.07, 6.45) is -0.586. The van der Waals surface area contributed by atoms with Crippen LogP contribution >= 0.6 is 0 Å². The van der Waals surface area contributed by atoms with Crippen molar-refractivity contribution in [1.82, 2.24) is 14.7 Å². The van der Waals surface area contributed by atoms with E-state index in [9.17, 15) is 5.11 Å². The van der Waals surface area contributed by atoms with Gasteiger partial charge in [-0.25, -0.2) is 4.68 Å². The molecular weight excluding hydrogens is 450 g/mol.